The Kier molecular flexibility index (Phi) is 20.3. The van der Waals surface area contributed by atoms with E-state index in [-0.39, 0.29) is 5.75 Å². The topological polar surface area (TPSA) is 41.5 Å². The number of benzene rings is 1. The molecule has 33 heavy (non-hydrogen) atoms. The van der Waals surface area contributed by atoms with E-state index in [1.807, 2.05) is 12.1 Å². The summed E-state index contributed by atoms with van der Waals surface area (Å²) < 4.78 is 5.69. The van der Waals surface area contributed by atoms with Gasteiger partial charge in [0.25, 0.3) is 0 Å². The van der Waals surface area contributed by atoms with Gasteiger partial charge in [-0.3, -0.25) is 0 Å². The number of hydrogen-bond acceptors (Lipinski definition) is 3. The van der Waals surface area contributed by atoms with Gasteiger partial charge in [-0.15, -0.1) is 0 Å². The standard InChI is InChI=1S/C29H51NO2S/c1-2-3-4-5-6-8-11-14-17-20-29(33)30-25-18-15-12-9-7-10-13-16-19-26-32-28-23-21-27(31)22-24-28/h21-24,31H,2-20,25-26H2,1H3,(H,30,33). The van der Waals surface area contributed by atoms with Crippen molar-refractivity contribution >= 4 is 17.2 Å². The highest BCUT2D eigenvalue weighted by Crippen LogP contribution is 2.17. The zero-order valence-electron chi connectivity index (χ0n) is 21.4. The Bertz CT molecular complexity index is 561. The molecule has 0 spiro atoms. The monoisotopic (exact) mass is 477 g/mol. The predicted molar refractivity (Wildman–Crippen MR) is 148 cm³/mol. The first-order chi connectivity index (χ1) is 16.2. The van der Waals surface area contributed by atoms with Crippen molar-refractivity contribution in [3.05, 3.63) is 24.3 Å². The molecule has 0 aromatic heterocycles. The first-order valence-electron chi connectivity index (χ1n) is 13.9. The van der Waals surface area contributed by atoms with Crippen molar-refractivity contribution in [2.24, 2.45) is 0 Å². The highest BCUT2D eigenvalue weighted by molar-refractivity contribution is 7.80. The summed E-state index contributed by atoms with van der Waals surface area (Å²) in [5.74, 6) is 1.12. The molecule has 1 aromatic carbocycles. The maximum absolute atomic E-state index is 9.26. The van der Waals surface area contributed by atoms with E-state index in [2.05, 4.69) is 12.2 Å². The number of hydrogen-bond donors (Lipinski definition) is 2. The smallest absolute Gasteiger partial charge is 0.119 e. The van der Waals surface area contributed by atoms with Crippen molar-refractivity contribution in [3.63, 3.8) is 0 Å². The quantitative estimate of drug-likeness (QED) is 0.122. The normalized spacial score (nSPS) is 10.9. The molecule has 0 aliphatic heterocycles. The molecule has 0 saturated heterocycles. The van der Waals surface area contributed by atoms with Crippen LogP contribution in [0.25, 0.3) is 0 Å². The number of thiocarbonyl (C=S) groups is 1. The van der Waals surface area contributed by atoms with Gasteiger partial charge < -0.3 is 15.2 Å². The van der Waals surface area contributed by atoms with Crippen LogP contribution in [0, 0.1) is 0 Å². The maximum Gasteiger partial charge on any atom is 0.119 e. The zero-order chi connectivity index (χ0) is 23.8. The lowest BCUT2D eigenvalue weighted by Crippen LogP contribution is -2.22. The van der Waals surface area contributed by atoms with Gasteiger partial charge in [-0.25, -0.2) is 0 Å². The summed E-state index contributed by atoms with van der Waals surface area (Å²) in [6.07, 6.45) is 25.0. The number of aromatic hydroxyl groups is 1. The van der Waals surface area contributed by atoms with Crippen molar-refractivity contribution < 1.29 is 9.84 Å². The van der Waals surface area contributed by atoms with Gasteiger partial charge in [0, 0.05) is 6.54 Å². The average molecular weight is 478 g/mol. The number of phenolic OH excluding ortho intramolecular Hbond substituents is 1. The van der Waals surface area contributed by atoms with E-state index in [4.69, 9.17) is 17.0 Å². The predicted octanol–water partition coefficient (Wildman–Crippen LogP) is 9.12. The number of rotatable bonds is 23. The van der Waals surface area contributed by atoms with E-state index in [1.54, 1.807) is 12.1 Å². The van der Waals surface area contributed by atoms with Gasteiger partial charge in [0.15, 0.2) is 0 Å². The van der Waals surface area contributed by atoms with Crippen LogP contribution in [0.4, 0.5) is 0 Å². The van der Waals surface area contributed by atoms with Crippen molar-refractivity contribution in [1.29, 1.82) is 0 Å². The Balaban J connectivity index is 1.74. The molecule has 0 unspecified atom stereocenters. The summed E-state index contributed by atoms with van der Waals surface area (Å²) in [6.45, 7) is 4.09. The minimum Gasteiger partial charge on any atom is -0.508 e. The van der Waals surface area contributed by atoms with Gasteiger partial charge in [0.1, 0.15) is 11.5 Å². The third-order valence-electron chi connectivity index (χ3n) is 6.26. The summed E-state index contributed by atoms with van der Waals surface area (Å²) in [7, 11) is 0. The first kappa shape index (κ1) is 29.7. The van der Waals surface area contributed by atoms with Gasteiger partial charge >= 0.3 is 0 Å². The molecule has 0 radical (unpaired) electrons. The second-order valence-electron chi connectivity index (χ2n) is 9.45. The highest BCUT2D eigenvalue weighted by Gasteiger charge is 1.99. The second kappa shape index (κ2) is 22.5. The molecule has 3 nitrogen and oxygen atoms in total. The molecule has 0 atom stereocenters. The Labute approximate surface area is 210 Å². The molecule has 0 aliphatic carbocycles. The van der Waals surface area contributed by atoms with Crippen LogP contribution in [0.5, 0.6) is 11.5 Å². The molecule has 0 aliphatic rings. The zero-order valence-corrected chi connectivity index (χ0v) is 22.2. The van der Waals surface area contributed by atoms with Crippen molar-refractivity contribution in [2.75, 3.05) is 13.2 Å². The first-order valence-corrected chi connectivity index (χ1v) is 14.3. The van der Waals surface area contributed by atoms with E-state index in [0.29, 0.717) is 0 Å². The Morgan fingerprint density at radius 2 is 1.18 bits per heavy atom. The third-order valence-corrected chi connectivity index (χ3v) is 6.60. The largest absolute Gasteiger partial charge is 0.508 e. The molecule has 190 valence electrons. The third kappa shape index (κ3) is 19.9. The molecule has 0 amide bonds. The fraction of sp³-hybridized carbons (Fsp3) is 0.759. The molecule has 0 saturated carbocycles. The number of unbranched alkanes of at least 4 members (excludes halogenated alkanes) is 16. The lowest BCUT2D eigenvalue weighted by Gasteiger charge is -2.08. The number of phenols is 1. The second-order valence-corrected chi connectivity index (χ2v) is 9.95. The van der Waals surface area contributed by atoms with E-state index in [9.17, 15) is 5.11 Å². The van der Waals surface area contributed by atoms with Crippen LogP contribution >= 0.6 is 12.2 Å². The van der Waals surface area contributed by atoms with Crippen LogP contribution in [0.15, 0.2) is 24.3 Å². The average Bonchev–Trinajstić information content (AvgIpc) is 2.82. The van der Waals surface area contributed by atoms with Gasteiger partial charge in [0.05, 0.1) is 11.6 Å². The molecule has 0 heterocycles. The van der Waals surface area contributed by atoms with Crippen LogP contribution in [0.3, 0.4) is 0 Å². The lowest BCUT2D eigenvalue weighted by molar-refractivity contribution is 0.303. The van der Waals surface area contributed by atoms with E-state index < -0.39 is 0 Å². The molecular weight excluding hydrogens is 426 g/mol. The summed E-state index contributed by atoms with van der Waals surface area (Å²) in [5.41, 5.74) is 0. The van der Waals surface area contributed by atoms with Gasteiger partial charge in [-0.05, 0) is 49.9 Å². The van der Waals surface area contributed by atoms with Gasteiger partial charge in [-0.1, -0.05) is 115 Å². The van der Waals surface area contributed by atoms with Crippen molar-refractivity contribution in [1.82, 2.24) is 5.32 Å². The van der Waals surface area contributed by atoms with E-state index >= 15 is 0 Å². The van der Waals surface area contributed by atoms with Crippen LogP contribution in [0.1, 0.15) is 129 Å². The summed E-state index contributed by atoms with van der Waals surface area (Å²) in [5, 5.41) is 12.7. The summed E-state index contributed by atoms with van der Waals surface area (Å²) in [4.78, 5) is 1.08. The van der Waals surface area contributed by atoms with Crippen molar-refractivity contribution in [3.8, 4) is 11.5 Å². The minimum absolute atomic E-state index is 0.284. The lowest BCUT2D eigenvalue weighted by atomic mass is 10.1. The minimum atomic E-state index is 0.284. The Morgan fingerprint density at radius 1 is 0.697 bits per heavy atom. The van der Waals surface area contributed by atoms with Crippen molar-refractivity contribution in [2.45, 2.75) is 129 Å². The molecule has 0 fully saturated rings. The molecule has 1 rings (SSSR count). The van der Waals surface area contributed by atoms with Crippen LogP contribution in [-0.4, -0.2) is 23.2 Å². The Morgan fingerprint density at radius 3 is 1.76 bits per heavy atom. The number of nitrogens with one attached hydrogen (secondary N) is 1. The molecule has 0 bridgehead atoms. The summed E-state index contributed by atoms with van der Waals surface area (Å²) in [6, 6.07) is 6.96. The molecule has 4 heteroatoms. The van der Waals surface area contributed by atoms with E-state index in [1.165, 1.54) is 109 Å². The maximum atomic E-state index is 9.26. The van der Waals surface area contributed by atoms with Crippen LogP contribution in [0.2, 0.25) is 0 Å². The van der Waals surface area contributed by atoms with Gasteiger partial charge in [-0.2, -0.15) is 0 Å². The van der Waals surface area contributed by atoms with E-state index in [0.717, 1.165) is 36.7 Å². The summed E-state index contributed by atoms with van der Waals surface area (Å²) >= 11 is 5.48. The van der Waals surface area contributed by atoms with Crippen LogP contribution in [-0.2, 0) is 0 Å². The number of ether oxygens (including phenoxy) is 1. The van der Waals surface area contributed by atoms with Crippen LogP contribution < -0.4 is 10.1 Å². The SMILES string of the molecule is CCCCCCCCCCCC(=S)NCCCCCCCCCCCOc1ccc(O)cc1. The Hall–Kier alpha value is -1.29. The fourth-order valence-electron chi connectivity index (χ4n) is 4.11. The molecule has 1 aromatic rings. The molecule has 2 N–H and O–H groups in total. The highest BCUT2D eigenvalue weighted by atomic mass is 32.1. The molecular formula is C29H51NO2S. The fourth-order valence-corrected chi connectivity index (χ4v) is 4.36. The van der Waals surface area contributed by atoms with Gasteiger partial charge in [0.2, 0.25) is 0 Å².